The molecule has 1 saturated heterocycles. The monoisotopic (exact) mass is 405 g/mol. The molecule has 0 unspecified atom stereocenters. The Morgan fingerprint density at radius 2 is 1.90 bits per heavy atom. The van der Waals surface area contributed by atoms with Crippen molar-refractivity contribution in [2.24, 2.45) is 10.7 Å². The van der Waals surface area contributed by atoms with E-state index in [0.717, 1.165) is 31.5 Å². The van der Waals surface area contributed by atoms with Gasteiger partial charge in [0.25, 0.3) is 0 Å². The zero-order chi connectivity index (χ0) is 13.9. The molecule has 0 spiro atoms. The van der Waals surface area contributed by atoms with Gasteiger partial charge in [0.2, 0.25) is 0 Å². The number of rotatable bonds is 2. The first-order valence-corrected chi connectivity index (χ1v) is 7.14. The van der Waals surface area contributed by atoms with Crippen LogP contribution in [0.3, 0.4) is 0 Å². The van der Waals surface area contributed by atoms with Gasteiger partial charge in [-0.05, 0) is 30.4 Å². The number of hydrogen-bond acceptors (Lipinski definition) is 2. The van der Waals surface area contributed by atoms with Gasteiger partial charge in [0.05, 0.1) is 19.3 Å². The summed E-state index contributed by atoms with van der Waals surface area (Å²) in [4.78, 5) is 6.61. The molecule has 0 amide bonds. The van der Waals surface area contributed by atoms with Crippen LogP contribution in [0.4, 0.5) is 4.39 Å². The van der Waals surface area contributed by atoms with Crippen molar-refractivity contribution in [2.45, 2.75) is 24.8 Å². The molecule has 0 bridgehead atoms. The van der Waals surface area contributed by atoms with E-state index in [1.165, 1.54) is 6.07 Å². The summed E-state index contributed by atoms with van der Waals surface area (Å²) in [5, 5.41) is 0. The third-order valence-corrected chi connectivity index (χ3v) is 4.11. The van der Waals surface area contributed by atoms with E-state index in [1.807, 2.05) is 12.1 Å². The lowest BCUT2D eigenvalue weighted by molar-refractivity contribution is 0.0671. The molecule has 1 saturated carbocycles. The molecule has 21 heavy (non-hydrogen) atoms. The van der Waals surface area contributed by atoms with Gasteiger partial charge in [0.15, 0.2) is 5.96 Å². The van der Waals surface area contributed by atoms with Crippen LogP contribution in [0.25, 0.3) is 0 Å². The van der Waals surface area contributed by atoms with Crippen molar-refractivity contribution in [1.82, 2.24) is 4.90 Å². The second-order valence-electron chi connectivity index (χ2n) is 5.43. The van der Waals surface area contributed by atoms with Gasteiger partial charge in [-0.1, -0.05) is 18.2 Å². The topological polar surface area (TPSA) is 50.8 Å². The number of benzene rings is 1. The predicted molar refractivity (Wildman–Crippen MR) is 91.6 cm³/mol. The molecule has 3 rings (SSSR count). The summed E-state index contributed by atoms with van der Waals surface area (Å²) in [6.07, 6.45) is 1.76. The minimum atomic E-state index is -0.110. The highest BCUT2D eigenvalue weighted by Crippen LogP contribution is 2.39. The van der Waals surface area contributed by atoms with Gasteiger partial charge in [-0.3, -0.25) is 0 Å². The quantitative estimate of drug-likeness (QED) is 0.467. The molecule has 116 valence electrons. The van der Waals surface area contributed by atoms with E-state index in [2.05, 4.69) is 9.89 Å². The van der Waals surface area contributed by atoms with Gasteiger partial charge < -0.3 is 15.4 Å². The molecule has 4 nitrogen and oxygen atoms in total. The predicted octanol–water partition coefficient (Wildman–Crippen LogP) is 2.34. The van der Waals surface area contributed by atoms with E-state index in [4.69, 9.17) is 10.5 Å². The SMILES string of the molecule is I.NC(=NC1CC(c2ccccc2F)C1)N1CCOCC1. The number of halogens is 2. The van der Waals surface area contributed by atoms with Crippen LogP contribution in [0.1, 0.15) is 24.3 Å². The Labute approximate surface area is 141 Å². The van der Waals surface area contributed by atoms with Crippen molar-refractivity contribution in [3.8, 4) is 0 Å². The fourth-order valence-electron chi connectivity index (χ4n) is 2.81. The van der Waals surface area contributed by atoms with Crippen LogP contribution >= 0.6 is 24.0 Å². The molecule has 1 aliphatic heterocycles. The Hall–Kier alpha value is -0.890. The summed E-state index contributed by atoms with van der Waals surface area (Å²) < 4.78 is 18.9. The molecule has 2 N–H and O–H groups in total. The van der Waals surface area contributed by atoms with E-state index < -0.39 is 0 Å². The Morgan fingerprint density at radius 3 is 2.57 bits per heavy atom. The van der Waals surface area contributed by atoms with Crippen LogP contribution in [0.15, 0.2) is 29.3 Å². The van der Waals surface area contributed by atoms with Crippen molar-refractivity contribution in [3.63, 3.8) is 0 Å². The van der Waals surface area contributed by atoms with E-state index in [1.54, 1.807) is 6.07 Å². The summed E-state index contributed by atoms with van der Waals surface area (Å²) in [6.45, 7) is 3.02. The second-order valence-corrected chi connectivity index (χ2v) is 5.43. The number of morpholine rings is 1. The van der Waals surface area contributed by atoms with Crippen molar-refractivity contribution >= 4 is 29.9 Å². The molecular formula is C15H21FIN3O. The third-order valence-electron chi connectivity index (χ3n) is 4.11. The largest absolute Gasteiger partial charge is 0.378 e. The number of hydrogen-bond donors (Lipinski definition) is 1. The van der Waals surface area contributed by atoms with Gasteiger partial charge in [-0.2, -0.15) is 0 Å². The molecule has 1 aromatic rings. The van der Waals surface area contributed by atoms with Crippen LogP contribution in [0.5, 0.6) is 0 Å². The van der Waals surface area contributed by atoms with Crippen molar-refractivity contribution in [2.75, 3.05) is 26.3 Å². The first-order valence-electron chi connectivity index (χ1n) is 7.14. The van der Waals surface area contributed by atoms with Gasteiger partial charge in [-0.25, -0.2) is 9.38 Å². The van der Waals surface area contributed by atoms with Gasteiger partial charge in [0.1, 0.15) is 5.82 Å². The summed E-state index contributed by atoms with van der Waals surface area (Å²) in [7, 11) is 0. The molecule has 6 heteroatoms. The number of nitrogens with two attached hydrogens (primary N) is 1. The maximum Gasteiger partial charge on any atom is 0.191 e. The highest BCUT2D eigenvalue weighted by Gasteiger charge is 2.32. The Balaban J connectivity index is 0.00000161. The lowest BCUT2D eigenvalue weighted by Gasteiger charge is -2.35. The Kier molecular flexibility index (Phi) is 5.80. The number of guanidine groups is 1. The van der Waals surface area contributed by atoms with Gasteiger partial charge in [-0.15, -0.1) is 24.0 Å². The fraction of sp³-hybridized carbons (Fsp3) is 0.533. The zero-order valence-corrected chi connectivity index (χ0v) is 14.2. The highest BCUT2D eigenvalue weighted by atomic mass is 127. The zero-order valence-electron chi connectivity index (χ0n) is 11.9. The third kappa shape index (κ3) is 3.85. The maximum absolute atomic E-state index is 13.7. The number of aliphatic imine (C=N–C) groups is 1. The van der Waals surface area contributed by atoms with Crippen molar-refractivity contribution < 1.29 is 9.13 Å². The molecular weight excluding hydrogens is 384 g/mol. The lowest BCUT2D eigenvalue weighted by Crippen LogP contribution is -2.46. The first kappa shape index (κ1) is 16.5. The minimum absolute atomic E-state index is 0. The lowest BCUT2D eigenvalue weighted by atomic mass is 9.76. The first-order chi connectivity index (χ1) is 9.74. The van der Waals surface area contributed by atoms with Crippen molar-refractivity contribution in [3.05, 3.63) is 35.6 Å². The van der Waals surface area contributed by atoms with Crippen LogP contribution in [-0.2, 0) is 4.74 Å². The van der Waals surface area contributed by atoms with E-state index in [-0.39, 0.29) is 41.8 Å². The minimum Gasteiger partial charge on any atom is -0.378 e. The summed E-state index contributed by atoms with van der Waals surface area (Å²) >= 11 is 0. The standard InChI is InChI=1S/C15H20FN3O.HI/c16-14-4-2-1-3-13(14)11-9-12(10-11)18-15(17)19-5-7-20-8-6-19;/h1-4,11-12H,5-10H2,(H2,17,18);1H. The van der Waals surface area contributed by atoms with Crippen LogP contribution in [0.2, 0.25) is 0 Å². The smallest absolute Gasteiger partial charge is 0.191 e. The molecule has 1 heterocycles. The molecule has 0 aromatic heterocycles. The van der Waals surface area contributed by atoms with Crippen molar-refractivity contribution in [1.29, 1.82) is 0 Å². The van der Waals surface area contributed by atoms with E-state index >= 15 is 0 Å². The van der Waals surface area contributed by atoms with Crippen LogP contribution < -0.4 is 5.73 Å². The second kappa shape index (κ2) is 7.40. The summed E-state index contributed by atoms with van der Waals surface area (Å²) in [5.74, 6) is 0.772. The molecule has 1 aliphatic carbocycles. The number of ether oxygens (including phenoxy) is 1. The average Bonchev–Trinajstić information content (AvgIpc) is 2.44. The molecule has 2 aliphatic rings. The molecule has 1 aromatic carbocycles. The maximum atomic E-state index is 13.7. The van der Waals surface area contributed by atoms with E-state index in [9.17, 15) is 4.39 Å². The Morgan fingerprint density at radius 1 is 1.24 bits per heavy atom. The van der Waals surface area contributed by atoms with E-state index in [0.29, 0.717) is 19.2 Å². The number of nitrogens with zero attached hydrogens (tertiary/aromatic N) is 2. The van der Waals surface area contributed by atoms with Gasteiger partial charge in [0, 0.05) is 13.1 Å². The fourth-order valence-corrected chi connectivity index (χ4v) is 2.81. The Bertz CT molecular complexity index is 499. The highest BCUT2D eigenvalue weighted by molar-refractivity contribution is 14.0. The summed E-state index contributed by atoms with van der Waals surface area (Å²) in [5.41, 5.74) is 6.83. The summed E-state index contributed by atoms with van der Waals surface area (Å²) in [6, 6.07) is 7.22. The molecule has 0 radical (unpaired) electrons. The van der Waals surface area contributed by atoms with Crippen LogP contribution in [-0.4, -0.2) is 43.2 Å². The van der Waals surface area contributed by atoms with Crippen LogP contribution in [0, 0.1) is 5.82 Å². The molecule has 0 atom stereocenters. The molecule has 2 fully saturated rings. The average molecular weight is 405 g/mol. The normalized spacial score (nSPS) is 26.0. The van der Waals surface area contributed by atoms with Gasteiger partial charge >= 0.3 is 0 Å².